The predicted molar refractivity (Wildman–Crippen MR) is 136 cm³/mol. The zero-order chi connectivity index (χ0) is 24.5. The van der Waals surface area contributed by atoms with Gasteiger partial charge in [-0.3, -0.25) is 19.6 Å². The molecule has 178 valence electrons. The number of benzene rings is 2. The number of carbonyl (C=O) groups excluding carboxylic acids is 2. The lowest BCUT2D eigenvalue weighted by Crippen LogP contribution is -2.38. The fourth-order valence-electron chi connectivity index (χ4n) is 4.55. The van der Waals surface area contributed by atoms with E-state index in [1.165, 1.54) is 0 Å². The molecule has 0 unspecified atom stereocenters. The second kappa shape index (κ2) is 9.31. The highest BCUT2D eigenvalue weighted by atomic mass is 16.5. The molecule has 3 aromatic heterocycles. The lowest BCUT2D eigenvalue weighted by Gasteiger charge is -2.23. The zero-order valence-electron chi connectivity index (χ0n) is 19.4. The van der Waals surface area contributed by atoms with Gasteiger partial charge in [0.05, 0.1) is 16.7 Å². The number of fused-ring (bicyclic) bond motifs is 2. The SMILES string of the molecule is O=C(NC1CCOCC1)c1ccc2nc(C(=O)c3ccnc(-c4cncc5ccccc45)c3)[nH]c2c1. The Morgan fingerprint density at radius 3 is 2.72 bits per heavy atom. The van der Waals surface area contributed by atoms with E-state index in [-0.39, 0.29) is 23.6 Å². The van der Waals surface area contributed by atoms with Crippen LogP contribution in [0.25, 0.3) is 33.1 Å². The molecule has 2 aromatic carbocycles. The number of H-pyrrole nitrogens is 1. The third-order valence-electron chi connectivity index (χ3n) is 6.48. The minimum Gasteiger partial charge on any atom is -0.381 e. The van der Waals surface area contributed by atoms with Gasteiger partial charge in [0.1, 0.15) is 0 Å². The summed E-state index contributed by atoms with van der Waals surface area (Å²) in [6.07, 6.45) is 6.79. The summed E-state index contributed by atoms with van der Waals surface area (Å²) >= 11 is 0. The number of aromatic amines is 1. The second-order valence-electron chi connectivity index (χ2n) is 8.84. The van der Waals surface area contributed by atoms with Gasteiger partial charge in [-0.25, -0.2) is 4.98 Å². The van der Waals surface area contributed by atoms with E-state index in [4.69, 9.17) is 4.74 Å². The van der Waals surface area contributed by atoms with Crippen molar-refractivity contribution in [1.29, 1.82) is 0 Å². The van der Waals surface area contributed by atoms with Crippen molar-refractivity contribution in [2.24, 2.45) is 0 Å². The van der Waals surface area contributed by atoms with Gasteiger partial charge >= 0.3 is 0 Å². The van der Waals surface area contributed by atoms with Crippen molar-refractivity contribution in [3.8, 4) is 11.3 Å². The Hall–Kier alpha value is -4.43. The Bertz CT molecular complexity index is 1600. The molecule has 8 nitrogen and oxygen atoms in total. The van der Waals surface area contributed by atoms with Crippen LogP contribution >= 0.6 is 0 Å². The number of hydrogen-bond acceptors (Lipinski definition) is 6. The first kappa shape index (κ1) is 22.1. The van der Waals surface area contributed by atoms with Gasteiger partial charge in [-0.15, -0.1) is 0 Å². The molecule has 2 N–H and O–H groups in total. The summed E-state index contributed by atoms with van der Waals surface area (Å²) in [5.74, 6) is -0.190. The maximum absolute atomic E-state index is 13.3. The van der Waals surface area contributed by atoms with Gasteiger partial charge in [0.25, 0.3) is 5.91 Å². The van der Waals surface area contributed by atoms with Crippen molar-refractivity contribution in [3.63, 3.8) is 0 Å². The van der Waals surface area contributed by atoms with Gasteiger partial charge in [0.2, 0.25) is 5.78 Å². The molecule has 1 aliphatic rings. The normalized spacial score (nSPS) is 14.2. The van der Waals surface area contributed by atoms with Crippen LogP contribution in [0.1, 0.15) is 39.4 Å². The Morgan fingerprint density at radius 2 is 1.83 bits per heavy atom. The molecule has 0 bridgehead atoms. The minimum absolute atomic E-state index is 0.110. The average Bonchev–Trinajstić information content (AvgIpc) is 3.36. The van der Waals surface area contributed by atoms with E-state index in [1.54, 1.807) is 48.9 Å². The van der Waals surface area contributed by atoms with Crippen molar-refractivity contribution < 1.29 is 14.3 Å². The van der Waals surface area contributed by atoms with Crippen molar-refractivity contribution in [2.75, 3.05) is 13.2 Å². The quantitative estimate of drug-likeness (QED) is 0.365. The topological polar surface area (TPSA) is 110 Å². The van der Waals surface area contributed by atoms with E-state index in [0.717, 1.165) is 29.2 Å². The van der Waals surface area contributed by atoms with Gasteiger partial charge in [-0.2, -0.15) is 0 Å². The number of imidazole rings is 1. The van der Waals surface area contributed by atoms with Crippen LogP contribution in [-0.2, 0) is 4.74 Å². The smallest absolute Gasteiger partial charge is 0.251 e. The molecule has 0 saturated carbocycles. The number of hydrogen-bond donors (Lipinski definition) is 2. The molecule has 0 spiro atoms. The van der Waals surface area contributed by atoms with Crippen molar-refractivity contribution in [3.05, 3.63) is 90.1 Å². The van der Waals surface area contributed by atoms with Crippen LogP contribution in [0.4, 0.5) is 0 Å². The van der Waals surface area contributed by atoms with Crippen LogP contribution in [0.5, 0.6) is 0 Å². The summed E-state index contributed by atoms with van der Waals surface area (Å²) in [5.41, 5.74) is 3.75. The van der Waals surface area contributed by atoms with Crippen molar-refractivity contribution in [1.82, 2.24) is 25.3 Å². The monoisotopic (exact) mass is 477 g/mol. The first-order valence-corrected chi connectivity index (χ1v) is 11.9. The minimum atomic E-state index is -0.253. The van der Waals surface area contributed by atoms with Crippen molar-refractivity contribution in [2.45, 2.75) is 18.9 Å². The van der Waals surface area contributed by atoms with Gasteiger partial charge < -0.3 is 15.0 Å². The van der Waals surface area contributed by atoms with E-state index in [2.05, 4.69) is 25.3 Å². The van der Waals surface area contributed by atoms with Crippen LogP contribution in [0.2, 0.25) is 0 Å². The fourth-order valence-corrected chi connectivity index (χ4v) is 4.55. The number of pyridine rings is 2. The Labute approximate surface area is 206 Å². The number of aromatic nitrogens is 4. The molecule has 5 aromatic rings. The first-order chi connectivity index (χ1) is 17.7. The Balaban J connectivity index is 1.27. The highest BCUT2D eigenvalue weighted by molar-refractivity contribution is 6.09. The Kier molecular flexibility index (Phi) is 5.71. The molecular formula is C28H23N5O3. The van der Waals surface area contributed by atoms with E-state index < -0.39 is 0 Å². The summed E-state index contributed by atoms with van der Waals surface area (Å²) in [4.78, 5) is 42.4. The molecule has 1 amide bonds. The molecule has 36 heavy (non-hydrogen) atoms. The number of rotatable bonds is 5. The standard InChI is InChI=1S/C28H23N5O3/c34-26(17-7-10-30-24(13-17)22-16-29-15-19-3-1-2-4-21(19)22)27-32-23-6-5-18(14-25(23)33-27)28(35)31-20-8-11-36-12-9-20/h1-7,10,13-16,20H,8-9,11-12H2,(H,31,35)(H,32,33). The lowest BCUT2D eigenvalue weighted by atomic mass is 10.0. The number of carbonyl (C=O) groups is 2. The third-order valence-corrected chi connectivity index (χ3v) is 6.48. The number of ether oxygens (including phenoxy) is 1. The van der Waals surface area contributed by atoms with E-state index in [0.29, 0.717) is 41.1 Å². The fraction of sp³-hybridized carbons (Fsp3) is 0.179. The van der Waals surface area contributed by atoms with E-state index in [9.17, 15) is 9.59 Å². The summed E-state index contributed by atoms with van der Waals surface area (Å²) in [6.45, 7) is 1.31. The number of nitrogens with zero attached hydrogens (tertiary/aromatic N) is 3. The van der Waals surface area contributed by atoms with Crippen LogP contribution in [0.3, 0.4) is 0 Å². The van der Waals surface area contributed by atoms with Crippen LogP contribution < -0.4 is 5.32 Å². The molecule has 0 atom stereocenters. The predicted octanol–water partition coefficient (Wildman–Crippen LogP) is 4.31. The summed E-state index contributed by atoms with van der Waals surface area (Å²) < 4.78 is 5.35. The van der Waals surface area contributed by atoms with E-state index in [1.807, 2.05) is 24.3 Å². The molecule has 0 radical (unpaired) electrons. The van der Waals surface area contributed by atoms with Gasteiger partial charge in [0, 0.05) is 59.9 Å². The maximum atomic E-state index is 13.3. The van der Waals surface area contributed by atoms with Crippen LogP contribution in [0, 0.1) is 0 Å². The molecule has 4 heterocycles. The zero-order valence-corrected chi connectivity index (χ0v) is 19.4. The van der Waals surface area contributed by atoms with Crippen molar-refractivity contribution >= 4 is 33.5 Å². The third kappa shape index (κ3) is 4.23. The lowest BCUT2D eigenvalue weighted by molar-refractivity contribution is 0.0696. The molecule has 8 heteroatoms. The average molecular weight is 478 g/mol. The summed E-state index contributed by atoms with van der Waals surface area (Å²) in [7, 11) is 0. The second-order valence-corrected chi connectivity index (χ2v) is 8.84. The number of ketones is 1. The molecule has 1 aliphatic heterocycles. The number of nitrogens with one attached hydrogen (secondary N) is 2. The van der Waals surface area contributed by atoms with Gasteiger partial charge in [-0.05, 0) is 48.6 Å². The molecule has 6 rings (SSSR count). The highest BCUT2D eigenvalue weighted by Gasteiger charge is 2.19. The molecule has 1 fully saturated rings. The maximum Gasteiger partial charge on any atom is 0.251 e. The molecular weight excluding hydrogens is 454 g/mol. The molecule has 1 saturated heterocycles. The first-order valence-electron chi connectivity index (χ1n) is 11.9. The largest absolute Gasteiger partial charge is 0.381 e. The van der Waals surface area contributed by atoms with Crippen LogP contribution in [0.15, 0.2) is 73.2 Å². The van der Waals surface area contributed by atoms with Gasteiger partial charge in [-0.1, -0.05) is 24.3 Å². The number of amides is 1. The van der Waals surface area contributed by atoms with Crippen LogP contribution in [-0.4, -0.2) is 50.9 Å². The Morgan fingerprint density at radius 1 is 0.972 bits per heavy atom. The summed E-state index contributed by atoms with van der Waals surface area (Å²) in [5, 5.41) is 5.07. The summed E-state index contributed by atoms with van der Waals surface area (Å²) in [6, 6.07) is 16.7. The highest BCUT2D eigenvalue weighted by Crippen LogP contribution is 2.27. The molecule has 0 aliphatic carbocycles. The van der Waals surface area contributed by atoms with Gasteiger partial charge in [0.15, 0.2) is 5.82 Å². The van der Waals surface area contributed by atoms with E-state index >= 15 is 0 Å².